The molecule has 0 amide bonds. The molecule has 0 fully saturated rings. The fourth-order valence-electron chi connectivity index (χ4n) is 1.81. The third-order valence-electron chi connectivity index (χ3n) is 3.40. The topological polar surface area (TPSA) is 133 Å². The number of carbonyl (C=O) groups excluding carboxylic acids is 3. The first-order valence-electron chi connectivity index (χ1n) is 8.71. The standard InChI is InChI=1S/C18H28O9S.K.H/c1-13(2)16(19)26-11-15(12-27-17(20)14(3)4)18(21)25-9-7-5-6-8-10-28(22,23)24;;/h15H,1,3,5-12H2,2,4H3,(H,22,23,24);;. The minimum absolute atomic E-state index is 0. The number of carbonyl (C=O) groups is 3. The molecule has 29 heavy (non-hydrogen) atoms. The van der Waals surface area contributed by atoms with E-state index in [0.717, 1.165) is 0 Å². The van der Waals surface area contributed by atoms with Crippen molar-refractivity contribution in [2.75, 3.05) is 25.6 Å². The summed E-state index contributed by atoms with van der Waals surface area (Å²) in [7, 11) is -3.96. The van der Waals surface area contributed by atoms with Crippen LogP contribution in [0.2, 0.25) is 0 Å². The van der Waals surface area contributed by atoms with E-state index in [9.17, 15) is 22.8 Å². The van der Waals surface area contributed by atoms with Gasteiger partial charge in [0.2, 0.25) is 0 Å². The summed E-state index contributed by atoms with van der Waals surface area (Å²) in [5, 5.41) is 0. The summed E-state index contributed by atoms with van der Waals surface area (Å²) < 4.78 is 44.8. The van der Waals surface area contributed by atoms with Gasteiger partial charge in [-0.15, -0.1) is 0 Å². The van der Waals surface area contributed by atoms with E-state index in [0.29, 0.717) is 25.7 Å². The molecule has 0 rings (SSSR count). The Morgan fingerprint density at radius 2 is 1.31 bits per heavy atom. The Morgan fingerprint density at radius 3 is 1.72 bits per heavy atom. The van der Waals surface area contributed by atoms with Gasteiger partial charge >= 0.3 is 69.3 Å². The molecule has 0 aromatic heterocycles. The van der Waals surface area contributed by atoms with E-state index >= 15 is 0 Å². The van der Waals surface area contributed by atoms with Gasteiger partial charge in [0, 0.05) is 11.1 Å². The molecule has 0 unspecified atom stereocenters. The monoisotopic (exact) mass is 460 g/mol. The summed E-state index contributed by atoms with van der Waals surface area (Å²) >= 11 is 0. The van der Waals surface area contributed by atoms with Crippen LogP contribution in [0.5, 0.6) is 0 Å². The van der Waals surface area contributed by atoms with E-state index in [1.54, 1.807) is 0 Å². The quantitative estimate of drug-likeness (QED) is 0.101. The van der Waals surface area contributed by atoms with Gasteiger partial charge in [-0.2, -0.15) is 8.42 Å². The Morgan fingerprint density at radius 1 is 0.862 bits per heavy atom. The molecule has 0 aliphatic rings. The van der Waals surface area contributed by atoms with Crippen molar-refractivity contribution in [2.24, 2.45) is 5.92 Å². The number of ether oxygens (including phenoxy) is 3. The Balaban J connectivity index is 0. The van der Waals surface area contributed by atoms with Crippen molar-refractivity contribution in [3.63, 3.8) is 0 Å². The summed E-state index contributed by atoms with van der Waals surface area (Å²) in [6, 6.07) is 0. The van der Waals surface area contributed by atoms with Crippen molar-refractivity contribution < 1.29 is 41.6 Å². The Labute approximate surface area is 214 Å². The number of hydrogen-bond acceptors (Lipinski definition) is 8. The molecule has 0 aliphatic heterocycles. The third kappa shape index (κ3) is 16.9. The molecule has 0 radical (unpaired) electrons. The van der Waals surface area contributed by atoms with Crippen LogP contribution in [0, 0.1) is 5.92 Å². The van der Waals surface area contributed by atoms with Gasteiger partial charge in [0.15, 0.2) is 0 Å². The molecule has 0 heterocycles. The first-order chi connectivity index (χ1) is 12.9. The molecule has 0 bridgehead atoms. The molecule has 0 atom stereocenters. The molecule has 0 saturated carbocycles. The van der Waals surface area contributed by atoms with Gasteiger partial charge in [0.05, 0.1) is 12.4 Å². The summed E-state index contributed by atoms with van der Waals surface area (Å²) in [6.45, 7) is 9.19. The predicted molar refractivity (Wildman–Crippen MR) is 108 cm³/mol. The van der Waals surface area contributed by atoms with Crippen LogP contribution in [0.15, 0.2) is 24.3 Å². The van der Waals surface area contributed by atoms with Crippen LogP contribution in [0.1, 0.15) is 39.5 Å². The van der Waals surface area contributed by atoms with Gasteiger partial charge < -0.3 is 14.2 Å². The van der Waals surface area contributed by atoms with Crippen LogP contribution < -0.4 is 0 Å². The van der Waals surface area contributed by atoms with Crippen molar-refractivity contribution in [2.45, 2.75) is 39.5 Å². The molecule has 0 aromatic rings. The third-order valence-corrected chi connectivity index (χ3v) is 4.21. The average Bonchev–Trinajstić information content (AvgIpc) is 2.58. The Kier molecular flexibility index (Phi) is 17.1. The SMILES string of the molecule is C=C(C)C(=O)OCC(COC(=O)C(=C)C)C(=O)OCCCCCCS(=O)(=O)O.[KH]. The van der Waals surface area contributed by atoms with E-state index in [1.165, 1.54) is 13.8 Å². The van der Waals surface area contributed by atoms with E-state index in [-0.39, 0.29) is 88.1 Å². The van der Waals surface area contributed by atoms with Crippen LogP contribution in [0.3, 0.4) is 0 Å². The van der Waals surface area contributed by atoms with Crippen LogP contribution in [-0.2, 0) is 38.7 Å². The summed E-state index contributed by atoms with van der Waals surface area (Å²) in [5.74, 6) is -3.35. The molecule has 0 aliphatic carbocycles. The van der Waals surface area contributed by atoms with Crippen molar-refractivity contribution in [3.05, 3.63) is 24.3 Å². The summed E-state index contributed by atoms with van der Waals surface area (Å²) in [6.07, 6.45) is 1.94. The predicted octanol–water partition coefficient (Wildman–Crippen LogP) is 1.18. The maximum atomic E-state index is 12.2. The van der Waals surface area contributed by atoms with Gasteiger partial charge in [-0.1, -0.05) is 26.0 Å². The van der Waals surface area contributed by atoms with Gasteiger partial charge in [-0.3, -0.25) is 9.35 Å². The molecule has 0 saturated heterocycles. The minimum atomic E-state index is -3.96. The van der Waals surface area contributed by atoms with Crippen LogP contribution in [0.4, 0.5) is 0 Å². The van der Waals surface area contributed by atoms with Crippen molar-refractivity contribution in [1.82, 2.24) is 0 Å². The van der Waals surface area contributed by atoms with Crippen LogP contribution in [-0.4, -0.2) is 108 Å². The Hall–Kier alpha value is -0.564. The molecular weight excluding hydrogens is 431 g/mol. The van der Waals surface area contributed by atoms with Crippen molar-refractivity contribution in [1.29, 1.82) is 0 Å². The molecule has 0 aromatic carbocycles. The second-order valence-electron chi connectivity index (χ2n) is 6.32. The van der Waals surface area contributed by atoms with Gasteiger partial charge in [-0.05, 0) is 26.7 Å². The molecule has 0 spiro atoms. The van der Waals surface area contributed by atoms with Crippen LogP contribution >= 0.6 is 0 Å². The number of rotatable bonds is 14. The maximum absolute atomic E-state index is 12.2. The summed E-state index contributed by atoms with van der Waals surface area (Å²) in [5.41, 5.74) is 0.326. The van der Waals surface area contributed by atoms with E-state index in [2.05, 4.69) is 13.2 Å². The fourth-order valence-corrected chi connectivity index (χ4v) is 2.38. The first-order valence-corrected chi connectivity index (χ1v) is 10.3. The number of hydrogen-bond donors (Lipinski definition) is 1. The van der Waals surface area contributed by atoms with Crippen molar-refractivity contribution >= 4 is 79.4 Å². The zero-order chi connectivity index (χ0) is 21.7. The second-order valence-corrected chi connectivity index (χ2v) is 7.89. The van der Waals surface area contributed by atoms with Crippen LogP contribution in [0.25, 0.3) is 0 Å². The number of esters is 3. The summed E-state index contributed by atoms with van der Waals surface area (Å²) in [4.78, 5) is 35.1. The first kappa shape index (κ1) is 30.6. The number of unbranched alkanes of at least 4 members (excludes halogenated alkanes) is 3. The molecule has 11 heteroatoms. The van der Waals surface area contributed by atoms with Crippen molar-refractivity contribution in [3.8, 4) is 0 Å². The molecular formula is C18H29KO9S. The van der Waals surface area contributed by atoms with E-state index < -0.39 is 33.9 Å². The second kappa shape index (κ2) is 16.2. The normalized spacial score (nSPS) is 10.6. The van der Waals surface area contributed by atoms with Gasteiger partial charge in [0.1, 0.15) is 19.1 Å². The van der Waals surface area contributed by atoms with E-state index in [4.69, 9.17) is 18.8 Å². The van der Waals surface area contributed by atoms with Gasteiger partial charge in [0.25, 0.3) is 10.1 Å². The molecule has 162 valence electrons. The molecule has 9 nitrogen and oxygen atoms in total. The zero-order valence-electron chi connectivity index (χ0n) is 16.3. The Bertz CT molecular complexity index is 655. The fraction of sp³-hybridized carbons (Fsp3) is 0.611. The average molecular weight is 461 g/mol. The molecule has 1 N–H and O–H groups in total. The van der Waals surface area contributed by atoms with Gasteiger partial charge in [-0.25, -0.2) is 9.59 Å². The van der Waals surface area contributed by atoms with E-state index in [1.807, 2.05) is 0 Å². The zero-order valence-corrected chi connectivity index (χ0v) is 17.1.